The molecule has 0 amide bonds. The summed E-state index contributed by atoms with van der Waals surface area (Å²) in [7, 11) is 0. The first-order valence-corrected chi connectivity index (χ1v) is 3.92. The zero-order chi connectivity index (χ0) is 11.8. The van der Waals surface area contributed by atoms with E-state index in [0.717, 1.165) is 0 Å². The van der Waals surface area contributed by atoms with Crippen LogP contribution >= 0.6 is 0 Å². The molecule has 1 rings (SSSR count). The molecule has 0 bridgehead atoms. The number of aliphatic carboxylic acids is 1. The summed E-state index contributed by atoms with van der Waals surface area (Å²) in [5.74, 6) is -2.28. The molecule has 0 aromatic heterocycles. The number of rotatable bonds is 2. The van der Waals surface area contributed by atoms with Crippen molar-refractivity contribution in [3.63, 3.8) is 0 Å². The van der Waals surface area contributed by atoms with E-state index in [0.29, 0.717) is 0 Å². The highest BCUT2D eigenvalue weighted by Crippen LogP contribution is 2.14. The van der Waals surface area contributed by atoms with Crippen LogP contribution in [0.2, 0.25) is 0 Å². The fourth-order valence-electron chi connectivity index (χ4n) is 0.654. The topological polar surface area (TPSA) is 121 Å². The average molecular weight is 213 g/mol. The first-order valence-electron chi connectivity index (χ1n) is 3.92. The van der Waals surface area contributed by atoms with Gasteiger partial charge in [-0.2, -0.15) is 0 Å². The quantitative estimate of drug-likeness (QED) is 0.553. The van der Waals surface area contributed by atoms with E-state index < -0.39 is 11.9 Å². The summed E-state index contributed by atoms with van der Waals surface area (Å²) >= 11 is 0. The molecule has 15 heavy (non-hydrogen) atoms. The zero-order valence-electron chi connectivity index (χ0n) is 7.75. The number of carboxylic acid groups (broad SMARTS) is 2. The maximum absolute atomic E-state index is 10.3. The molecule has 1 aromatic rings. The molecule has 0 heterocycles. The molecular formula is C9H11NO5. The number of hydrogen-bond donors (Lipinski definition) is 4. The standard InChI is InChI=1S/C7H6O3.C2H5NO2/c8-6-4-2-1-3-5(6)7(9)10;3-1-2(4)5/h1-4,8H,(H,9,10);1,3H2,(H,4,5). The molecule has 0 radical (unpaired) electrons. The molecule has 0 saturated carbocycles. The van der Waals surface area contributed by atoms with Crippen LogP contribution in [0.4, 0.5) is 0 Å². The number of hydrogen-bond acceptors (Lipinski definition) is 4. The van der Waals surface area contributed by atoms with Gasteiger partial charge in [0.15, 0.2) is 0 Å². The van der Waals surface area contributed by atoms with E-state index in [-0.39, 0.29) is 17.9 Å². The molecule has 6 nitrogen and oxygen atoms in total. The van der Waals surface area contributed by atoms with E-state index in [1.165, 1.54) is 12.1 Å². The predicted octanol–water partition coefficient (Wildman–Crippen LogP) is 0.120. The molecule has 82 valence electrons. The molecule has 1 aromatic carbocycles. The molecule has 0 saturated heterocycles. The van der Waals surface area contributed by atoms with E-state index >= 15 is 0 Å². The number of aromatic hydroxyl groups is 1. The van der Waals surface area contributed by atoms with Gasteiger partial charge < -0.3 is 21.1 Å². The third-order valence-corrected chi connectivity index (χ3v) is 1.31. The van der Waals surface area contributed by atoms with Crippen molar-refractivity contribution >= 4 is 11.9 Å². The van der Waals surface area contributed by atoms with Crippen molar-refractivity contribution in [3.8, 4) is 5.75 Å². The Hall–Kier alpha value is -2.08. The van der Waals surface area contributed by atoms with Crippen molar-refractivity contribution in [1.29, 1.82) is 0 Å². The summed E-state index contributed by atoms with van der Waals surface area (Å²) < 4.78 is 0. The normalized spacial score (nSPS) is 8.60. The second-order valence-electron chi connectivity index (χ2n) is 2.42. The minimum absolute atomic E-state index is 0.0671. The van der Waals surface area contributed by atoms with Gasteiger partial charge in [-0.1, -0.05) is 12.1 Å². The molecule has 0 aliphatic heterocycles. The van der Waals surface area contributed by atoms with Crippen LogP contribution in [0.5, 0.6) is 5.75 Å². The van der Waals surface area contributed by atoms with Crippen LogP contribution in [0.25, 0.3) is 0 Å². The van der Waals surface area contributed by atoms with Crippen molar-refractivity contribution in [2.75, 3.05) is 6.54 Å². The highest BCUT2D eigenvalue weighted by atomic mass is 16.4. The molecule has 0 spiro atoms. The molecule has 0 fully saturated rings. The lowest BCUT2D eigenvalue weighted by atomic mass is 10.2. The van der Waals surface area contributed by atoms with Crippen molar-refractivity contribution in [1.82, 2.24) is 0 Å². The third kappa shape index (κ3) is 5.27. The molecule has 5 N–H and O–H groups in total. The number of benzene rings is 1. The Bertz CT molecular complexity index is 350. The second kappa shape index (κ2) is 6.39. The predicted molar refractivity (Wildman–Crippen MR) is 51.8 cm³/mol. The lowest BCUT2D eigenvalue weighted by molar-refractivity contribution is -0.135. The summed E-state index contributed by atoms with van der Waals surface area (Å²) in [6.07, 6.45) is 0. The van der Waals surface area contributed by atoms with Crippen LogP contribution in [0.15, 0.2) is 24.3 Å². The van der Waals surface area contributed by atoms with Crippen molar-refractivity contribution in [2.45, 2.75) is 0 Å². The van der Waals surface area contributed by atoms with Crippen LogP contribution in [0.1, 0.15) is 10.4 Å². The SMILES string of the molecule is NCC(=O)O.O=C(O)c1ccccc1O. The zero-order valence-corrected chi connectivity index (χ0v) is 7.75. The van der Waals surface area contributed by atoms with Gasteiger partial charge in [-0.3, -0.25) is 4.79 Å². The molecule has 0 unspecified atom stereocenters. The lowest BCUT2D eigenvalue weighted by Crippen LogP contribution is -2.10. The Kier molecular flexibility index (Phi) is 5.50. The van der Waals surface area contributed by atoms with Crippen molar-refractivity contribution < 1.29 is 24.9 Å². The van der Waals surface area contributed by atoms with Gasteiger partial charge in [0.1, 0.15) is 11.3 Å². The third-order valence-electron chi connectivity index (χ3n) is 1.31. The first-order chi connectivity index (χ1) is 6.99. The average Bonchev–Trinajstić information content (AvgIpc) is 2.19. The Morgan fingerprint density at radius 1 is 1.20 bits per heavy atom. The van der Waals surface area contributed by atoms with Gasteiger partial charge in [-0.05, 0) is 12.1 Å². The van der Waals surface area contributed by atoms with E-state index in [9.17, 15) is 9.59 Å². The summed E-state index contributed by atoms with van der Waals surface area (Å²) in [6, 6.07) is 5.81. The van der Waals surface area contributed by atoms with Gasteiger partial charge in [-0.15, -0.1) is 0 Å². The van der Waals surface area contributed by atoms with E-state index in [1.54, 1.807) is 12.1 Å². The summed E-state index contributed by atoms with van der Waals surface area (Å²) in [6.45, 7) is -0.278. The molecule has 0 aliphatic carbocycles. The van der Waals surface area contributed by atoms with Crippen LogP contribution in [0, 0.1) is 0 Å². The van der Waals surface area contributed by atoms with Crippen LogP contribution in [-0.4, -0.2) is 33.8 Å². The second-order valence-corrected chi connectivity index (χ2v) is 2.42. The Morgan fingerprint density at radius 3 is 1.93 bits per heavy atom. The summed E-state index contributed by atoms with van der Waals surface area (Å²) in [4.78, 5) is 19.5. The number of nitrogens with two attached hydrogens (primary N) is 1. The van der Waals surface area contributed by atoms with Crippen molar-refractivity contribution in [2.24, 2.45) is 5.73 Å². The molecule has 0 aliphatic rings. The van der Waals surface area contributed by atoms with Crippen LogP contribution in [0.3, 0.4) is 0 Å². The first kappa shape index (κ1) is 12.9. The molecule has 0 atom stereocenters. The van der Waals surface area contributed by atoms with Gasteiger partial charge in [0.25, 0.3) is 0 Å². The van der Waals surface area contributed by atoms with Crippen LogP contribution < -0.4 is 5.73 Å². The van der Waals surface area contributed by atoms with Crippen molar-refractivity contribution in [3.05, 3.63) is 29.8 Å². The van der Waals surface area contributed by atoms with Gasteiger partial charge in [-0.25, -0.2) is 4.79 Å². The number of carbonyl (C=O) groups is 2. The summed E-state index contributed by atoms with van der Waals surface area (Å²) in [5, 5.41) is 24.9. The van der Waals surface area contributed by atoms with Crippen LogP contribution in [-0.2, 0) is 4.79 Å². The van der Waals surface area contributed by atoms with Gasteiger partial charge in [0, 0.05) is 0 Å². The smallest absolute Gasteiger partial charge is 0.339 e. The summed E-state index contributed by atoms with van der Waals surface area (Å²) in [5.41, 5.74) is 4.50. The minimum Gasteiger partial charge on any atom is -0.507 e. The number of phenols is 1. The highest BCUT2D eigenvalue weighted by molar-refractivity contribution is 5.90. The Balaban J connectivity index is 0.000000336. The highest BCUT2D eigenvalue weighted by Gasteiger charge is 2.05. The maximum Gasteiger partial charge on any atom is 0.339 e. The largest absolute Gasteiger partial charge is 0.507 e. The Morgan fingerprint density at radius 2 is 1.67 bits per heavy atom. The minimum atomic E-state index is -1.11. The fourth-order valence-corrected chi connectivity index (χ4v) is 0.654. The van der Waals surface area contributed by atoms with E-state index in [2.05, 4.69) is 5.73 Å². The number of para-hydroxylation sites is 1. The lowest BCUT2D eigenvalue weighted by Gasteiger charge is -1.95. The monoisotopic (exact) mass is 213 g/mol. The maximum atomic E-state index is 10.3. The molecular weight excluding hydrogens is 202 g/mol. The number of aromatic carboxylic acids is 1. The number of carboxylic acids is 2. The van der Waals surface area contributed by atoms with E-state index in [1.807, 2.05) is 0 Å². The van der Waals surface area contributed by atoms with Gasteiger partial charge in [0.05, 0.1) is 6.54 Å². The van der Waals surface area contributed by atoms with E-state index in [4.69, 9.17) is 15.3 Å². The van der Waals surface area contributed by atoms with Gasteiger partial charge in [0.2, 0.25) is 0 Å². The fraction of sp³-hybridized carbons (Fsp3) is 0.111. The molecule has 6 heteroatoms. The van der Waals surface area contributed by atoms with Gasteiger partial charge >= 0.3 is 11.9 Å². The Labute approximate surface area is 85.6 Å².